The zero-order valence-electron chi connectivity index (χ0n) is 7.63. The molecule has 0 saturated carbocycles. The van der Waals surface area contributed by atoms with Crippen molar-refractivity contribution in [3.05, 3.63) is 35.4 Å². The van der Waals surface area contributed by atoms with Crippen molar-refractivity contribution < 1.29 is 8.78 Å². The van der Waals surface area contributed by atoms with E-state index in [2.05, 4.69) is 11.2 Å². The minimum atomic E-state index is -2.41. The molecular weight excluding hydrogens is 184 g/mol. The fourth-order valence-corrected chi connectivity index (χ4v) is 1.12. The topological polar surface area (TPSA) is 12.0 Å². The van der Waals surface area contributed by atoms with Gasteiger partial charge in [0.25, 0.3) is 6.43 Å². The molecule has 1 rings (SSSR count). The van der Waals surface area contributed by atoms with Crippen LogP contribution in [0.2, 0.25) is 0 Å². The summed E-state index contributed by atoms with van der Waals surface area (Å²) < 4.78 is 24.6. The Labute approximate surface area is 82.1 Å². The van der Waals surface area contributed by atoms with Gasteiger partial charge in [0.1, 0.15) is 0 Å². The molecule has 0 bridgehead atoms. The fourth-order valence-electron chi connectivity index (χ4n) is 1.12. The van der Waals surface area contributed by atoms with Crippen molar-refractivity contribution in [2.24, 2.45) is 0 Å². The van der Waals surface area contributed by atoms with Crippen LogP contribution in [0.4, 0.5) is 8.78 Å². The van der Waals surface area contributed by atoms with E-state index >= 15 is 0 Å². The van der Waals surface area contributed by atoms with Gasteiger partial charge in [-0.05, 0) is 11.6 Å². The molecule has 3 heteroatoms. The number of nitrogens with one attached hydrogen (secondary N) is 1. The van der Waals surface area contributed by atoms with Crippen molar-refractivity contribution >= 4 is 0 Å². The third kappa shape index (κ3) is 3.15. The number of alkyl halides is 2. The van der Waals surface area contributed by atoms with Crippen LogP contribution < -0.4 is 5.32 Å². The molecule has 0 aliphatic carbocycles. The highest BCUT2D eigenvalue weighted by molar-refractivity contribution is 5.24. The van der Waals surface area contributed by atoms with Gasteiger partial charge >= 0.3 is 0 Å². The Morgan fingerprint density at radius 3 is 2.86 bits per heavy atom. The Hall–Kier alpha value is -1.40. The lowest BCUT2D eigenvalue weighted by Crippen LogP contribution is -2.12. The smallest absolute Gasteiger partial charge is 0.263 e. The summed E-state index contributed by atoms with van der Waals surface area (Å²) in [7, 11) is 0. The molecule has 0 heterocycles. The molecule has 0 saturated heterocycles. The van der Waals surface area contributed by atoms with Gasteiger partial charge in [-0.25, -0.2) is 8.78 Å². The summed E-state index contributed by atoms with van der Waals surface area (Å²) in [5.74, 6) is 2.42. The molecule has 0 radical (unpaired) electrons. The van der Waals surface area contributed by atoms with E-state index in [9.17, 15) is 8.78 Å². The SMILES string of the molecule is C#CCNCc1cccc(C(F)F)c1. The molecule has 0 atom stereocenters. The maximum atomic E-state index is 12.3. The Balaban J connectivity index is 2.60. The highest BCUT2D eigenvalue weighted by atomic mass is 19.3. The van der Waals surface area contributed by atoms with Crippen LogP contribution in [0, 0.1) is 12.3 Å². The van der Waals surface area contributed by atoms with Gasteiger partial charge in [-0.1, -0.05) is 24.1 Å². The Bertz CT molecular complexity index is 328. The standard InChI is InChI=1S/C11H11F2N/c1-2-6-14-8-9-4-3-5-10(7-9)11(12)13/h1,3-5,7,11,14H,6,8H2. The number of terminal acetylenes is 1. The lowest BCUT2D eigenvalue weighted by molar-refractivity contribution is 0.151. The van der Waals surface area contributed by atoms with E-state index < -0.39 is 6.43 Å². The van der Waals surface area contributed by atoms with Crippen molar-refractivity contribution in [3.63, 3.8) is 0 Å². The van der Waals surface area contributed by atoms with Gasteiger partial charge in [0, 0.05) is 12.1 Å². The first-order valence-corrected chi connectivity index (χ1v) is 4.25. The number of halogens is 2. The summed E-state index contributed by atoms with van der Waals surface area (Å²) in [6, 6.07) is 6.30. The van der Waals surface area contributed by atoms with Crippen LogP contribution in [-0.2, 0) is 6.54 Å². The lowest BCUT2D eigenvalue weighted by atomic mass is 10.1. The van der Waals surface area contributed by atoms with E-state index in [1.807, 2.05) is 0 Å². The maximum absolute atomic E-state index is 12.3. The fraction of sp³-hybridized carbons (Fsp3) is 0.273. The highest BCUT2D eigenvalue weighted by Gasteiger charge is 2.06. The molecule has 0 spiro atoms. The summed E-state index contributed by atoms with van der Waals surface area (Å²) in [5.41, 5.74) is 0.864. The van der Waals surface area contributed by atoms with E-state index in [0.717, 1.165) is 5.56 Å². The monoisotopic (exact) mass is 195 g/mol. The van der Waals surface area contributed by atoms with Crippen LogP contribution in [0.5, 0.6) is 0 Å². The first-order valence-electron chi connectivity index (χ1n) is 4.25. The van der Waals surface area contributed by atoms with Gasteiger partial charge < -0.3 is 5.32 Å². The molecule has 0 unspecified atom stereocenters. The van der Waals surface area contributed by atoms with Crippen LogP contribution in [0.15, 0.2) is 24.3 Å². The molecule has 0 aliphatic heterocycles. The minimum absolute atomic E-state index is 0.0463. The summed E-state index contributed by atoms with van der Waals surface area (Å²) in [5, 5.41) is 2.94. The zero-order chi connectivity index (χ0) is 10.4. The molecule has 0 fully saturated rings. The van der Waals surface area contributed by atoms with Crippen LogP contribution in [0.1, 0.15) is 17.6 Å². The van der Waals surface area contributed by atoms with Crippen molar-refractivity contribution in [1.29, 1.82) is 0 Å². The van der Waals surface area contributed by atoms with Gasteiger partial charge in [-0.15, -0.1) is 6.42 Å². The lowest BCUT2D eigenvalue weighted by Gasteiger charge is -2.04. The molecule has 0 aliphatic rings. The Kier molecular flexibility index (Phi) is 4.09. The minimum Gasteiger partial charge on any atom is -0.302 e. The maximum Gasteiger partial charge on any atom is 0.263 e. The Morgan fingerprint density at radius 1 is 1.43 bits per heavy atom. The summed E-state index contributed by atoms with van der Waals surface area (Å²) >= 11 is 0. The van der Waals surface area contributed by atoms with E-state index in [-0.39, 0.29) is 5.56 Å². The summed E-state index contributed by atoms with van der Waals surface area (Å²) in [4.78, 5) is 0. The number of rotatable bonds is 4. The molecule has 1 N–H and O–H groups in total. The first-order chi connectivity index (χ1) is 6.74. The van der Waals surface area contributed by atoms with Crippen LogP contribution >= 0.6 is 0 Å². The normalized spacial score (nSPS) is 10.1. The quantitative estimate of drug-likeness (QED) is 0.574. The molecule has 74 valence electrons. The third-order valence-electron chi connectivity index (χ3n) is 1.76. The van der Waals surface area contributed by atoms with Gasteiger partial charge in [0.2, 0.25) is 0 Å². The summed E-state index contributed by atoms with van der Waals surface area (Å²) in [6.45, 7) is 0.962. The van der Waals surface area contributed by atoms with Gasteiger partial charge in [-0.2, -0.15) is 0 Å². The first kappa shape index (κ1) is 10.7. The highest BCUT2D eigenvalue weighted by Crippen LogP contribution is 2.19. The molecular formula is C11H11F2N. The van der Waals surface area contributed by atoms with E-state index in [4.69, 9.17) is 6.42 Å². The molecule has 1 aromatic rings. The van der Waals surface area contributed by atoms with E-state index in [1.165, 1.54) is 12.1 Å². The second-order valence-corrected chi connectivity index (χ2v) is 2.85. The average molecular weight is 195 g/mol. The number of hydrogen-bond donors (Lipinski definition) is 1. The second kappa shape index (κ2) is 5.36. The molecule has 0 aromatic heterocycles. The van der Waals surface area contributed by atoms with Crippen molar-refractivity contribution in [2.75, 3.05) is 6.54 Å². The van der Waals surface area contributed by atoms with Crippen molar-refractivity contribution in [1.82, 2.24) is 5.32 Å². The van der Waals surface area contributed by atoms with E-state index in [0.29, 0.717) is 13.1 Å². The second-order valence-electron chi connectivity index (χ2n) is 2.85. The number of benzene rings is 1. The molecule has 14 heavy (non-hydrogen) atoms. The largest absolute Gasteiger partial charge is 0.302 e. The third-order valence-corrected chi connectivity index (χ3v) is 1.76. The van der Waals surface area contributed by atoms with Crippen molar-refractivity contribution in [2.45, 2.75) is 13.0 Å². The van der Waals surface area contributed by atoms with E-state index in [1.54, 1.807) is 12.1 Å². The molecule has 0 amide bonds. The van der Waals surface area contributed by atoms with Gasteiger partial charge in [0.15, 0.2) is 0 Å². The predicted octanol–water partition coefficient (Wildman–Crippen LogP) is 2.35. The van der Waals surface area contributed by atoms with Crippen molar-refractivity contribution in [3.8, 4) is 12.3 Å². The molecule has 1 aromatic carbocycles. The average Bonchev–Trinajstić information content (AvgIpc) is 2.19. The Morgan fingerprint density at radius 2 is 2.21 bits per heavy atom. The molecule has 1 nitrogen and oxygen atoms in total. The van der Waals surface area contributed by atoms with Crippen LogP contribution in [0.3, 0.4) is 0 Å². The van der Waals surface area contributed by atoms with Gasteiger partial charge in [-0.3, -0.25) is 0 Å². The van der Waals surface area contributed by atoms with Gasteiger partial charge in [0.05, 0.1) is 6.54 Å². The zero-order valence-corrected chi connectivity index (χ0v) is 7.63. The predicted molar refractivity (Wildman–Crippen MR) is 51.9 cm³/mol. The van der Waals surface area contributed by atoms with Crippen LogP contribution in [-0.4, -0.2) is 6.54 Å². The summed E-state index contributed by atoms with van der Waals surface area (Å²) in [6.07, 6.45) is 2.62. The number of hydrogen-bond acceptors (Lipinski definition) is 1. The van der Waals surface area contributed by atoms with Crippen LogP contribution in [0.25, 0.3) is 0 Å².